The average Bonchev–Trinajstić information content (AvgIpc) is 2.46. The zero-order valence-corrected chi connectivity index (χ0v) is 12.1. The first-order chi connectivity index (χ1) is 9.69. The highest BCUT2D eigenvalue weighted by Crippen LogP contribution is 2.11. The molecule has 2 rings (SSSR count). The number of anilines is 1. The van der Waals surface area contributed by atoms with Crippen molar-refractivity contribution in [3.8, 4) is 0 Å². The van der Waals surface area contributed by atoms with E-state index in [4.69, 9.17) is 11.6 Å². The Bertz CT molecular complexity index is 581. The third kappa shape index (κ3) is 4.00. The summed E-state index contributed by atoms with van der Waals surface area (Å²) in [4.78, 5) is 12.0. The highest BCUT2D eigenvalue weighted by atomic mass is 35.5. The summed E-state index contributed by atoms with van der Waals surface area (Å²) in [6.07, 6.45) is 0. The maximum absolute atomic E-state index is 12.0. The number of carbonyl (C=O) groups is 1. The van der Waals surface area contributed by atoms with E-state index in [1.807, 2.05) is 55.5 Å². The van der Waals surface area contributed by atoms with Crippen LogP contribution in [0.5, 0.6) is 0 Å². The van der Waals surface area contributed by atoms with Crippen LogP contribution >= 0.6 is 11.6 Å². The minimum absolute atomic E-state index is 0.0898. The smallest absolute Gasteiger partial charge is 0.251 e. The quantitative estimate of drug-likeness (QED) is 0.881. The second kappa shape index (κ2) is 6.96. The molecule has 0 spiro atoms. The second-order valence-electron chi connectivity index (χ2n) is 4.42. The van der Waals surface area contributed by atoms with Gasteiger partial charge in [0.15, 0.2) is 0 Å². The van der Waals surface area contributed by atoms with Crippen LogP contribution in [-0.4, -0.2) is 12.5 Å². The van der Waals surface area contributed by atoms with E-state index in [1.54, 1.807) is 0 Å². The fourth-order valence-electron chi connectivity index (χ4n) is 1.87. The van der Waals surface area contributed by atoms with Crippen molar-refractivity contribution in [3.05, 3.63) is 64.7 Å². The van der Waals surface area contributed by atoms with Crippen LogP contribution in [0.15, 0.2) is 48.5 Å². The Morgan fingerprint density at radius 1 is 1.15 bits per heavy atom. The van der Waals surface area contributed by atoms with Crippen LogP contribution in [0.25, 0.3) is 0 Å². The first kappa shape index (κ1) is 14.4. The Balaban J connectivity index is 1.94. The largest absolute Gasteiger partial charge is 0.385 e. The molecule has 3 nitrogen and oxygen atoms in total. The number of hydrogen-bond donors (Lipinski definition) is 2. The third-order valence-corrected chi connectivity index (χ3v) is 3.11. The molecule has 0 bridgehead atoms. The van der Waals surface area contributed by atoms with Gasteiger partial charge in [-0.05, 0) is 48.9 Å². The standard InChI is InChI=1S/C16H17ClN2O/c1-2-18-15-8-6-13(7-9-15)16(20)19-11-12-4-3-5-14(17)10-12/h3-10,18H,2,11H2,1H3,(H,19,20). The van der Waals surface area contributed by atoms with E-state index in [2.05, 4.69) is 10.6 Å². The van der Waals surface area contributed by atoms with Gasteiger partial charge in [-0.15, -0.1) is 0 Å². The Morgan fingerprint density at radius 2 is 1.90 bits per heavy atom. The Morgan fingerprint density at radius 3 is 2.55 bits per heavy atom. The molecule has 2 N–H and O–H groups in total. The van der Waals surface area contributed by atoms with Crippen LogP contribution in [0.4, 0.5) is 5.69 Å². The van der Waals surface area contributed by atoms with Crippen LogP contribution in [-0.2, 0) is 6.54 Å². The van der Waals surface area contributed by atoms with E-state index in [9.17, 15) is 4.79 Å². The Hall–Kier alpha value is -2.00. The van der Waals surface area contributed by atoms with Gasteiger partial charge in [0.1, 0.15) is 0 Å². The van der Waals surface area contributed by atoms with Crippen molar-refractivity contribution in [2.45, 2.75) is 13.5 Å². The summed E-state index contributed by atoms with van der Waals surface area (Å²) in [6.45, 7) is 3.36. The highest BCUT2D eigenvalue weighted by Gasteiger charge is 2.05. The minimum Gasteiger partial charge on any atom is -0.385 e. The first-order valence-corrected chi connectivity index (χ1v) is 6.93. The molecule has 0 saturated heterocycles. The lowest BCUT2D eigenvalue weighted by Gasteiger charge is -2.07. The molecule has 0 aliphatic heterocycles. The summed E-state index contributed by atoms with van der Waals surface area (Å²) in [5.74, 6) is -0.0898. The van der Waals surface area contributed by atoms with Gasteiger partial charge < -0.3 is 10.6 Å². The molecular formula is C16H17ClN2O. The van der Waals surface area contributed by atoms with Gasteiger partial charge >= 0.3 is 0 Å². The predicted octanol–water partition coefficient (Wildman–Crippen LogP) is 3.70. The number of hydrogen-bond acceptors (Lipinski definition) is 2. The van der Waals surface area contributed by atoms with Gasteiger partial charge in [0.05, 0.1) is 0 Å². The van der Waals surface area contributed by atoms with E-state index in [0.717, 1.165) is 17.8 Å². The fraction of sp³-hybridized carbons (Fsp3) is 0.188. The van der Waals surface area contributed by atoms with E-state index in [-0.39, 0.29) is 5.91 Å². The molecule has 2 aromatic rings. The maximum Gasteiger partial charge on any atom is 0.251 e. The van der Waals surface area contributed by atoms with E-state index < -0.39 is 0 Å². The molecule has 0 fully saturated rings. The van der Waals surface area contributed by atoms with Crippen LogP contribution < -0.4 is 10.6 Å². The summed E-state index contributed by atoms with van der Waals surface area (Å²) in [7, 11) is 0. The summed E-state index contributed by atoms with van der Waals surface area (Å²) in [6, 6.07) is 14.9. The second-order valence-corrected chi connectivity index (χ2v) is 4.86. The van der Waals surface area contributed by atoms with Crippen molar-refractivity contribution >= 4 is 23.2 Å². The summed E-state index contributed by atoms with van der Waals surface area (Å²) < 4.78 is 0. The van der Waals surface area contributed by atoms with Crippen molar-refractivity contribution in [3.63, 3.8) is 0 Å². The Kier molecular flexibility index (Phi) is 5.02. The molecule has 0 saturated carbocycles. The molecule has 0 aliphatic rings. The Labute approximate surface area is 124 Å². The van der Waals surface area contributed by atoms with Gasteiger partial charge in [-0.3, -0.25) is 4.79 Å². The SMILES string of the molecule is CCNc1ccc(C(=O)NCc2cccc(Cl)c2)cc1. The van der Waals surface area contributed by atoms with Gasteiger partial charge in [0, 0.05) is 29.4 Å². The van der Waals surface area contributed by atoms with Crippen molar-refractivity contribution in [1.29, 1.82) is 0 Å². The molecule has 2 aromatic carbocycles. The lowest BCUT2D eigenvalue weighted by atomic mass is 10.1. The highest BCUT2D eigenvalue weighted by molar-refractivity contribution is 6.30. The van der Waals surface area contributed by atoms with Crippen molar-refractivity contribution in [2.75, 3.05) is 11.9 Å². The van der Waals surface area contributed by atoms with Crippen molar-refractivity contribution < 1.29 is 4.79 Å². The monoisotopic (exact) mass is 288 g/mol. The number of nitrogens with one attached hydrogen (secondary N) is 2. The molecule has 0 aliphatic carbocycles. The molecule has 4 heteroatoms. The number of carbonyl (C=O) groups excluding carboxylic acids is 1. The van der Waals surface area contributed by atoms with Gasteiger partial charge in [-0.25, -0.2) is 0 Å². The zero-order valence-electron chi connectivity index (χ0n) is 11.3. The van der Waals surface area contributed by atoms with Crippen LogP contribution in [0, 0.1) is 0 Å². The number of rotatable bonds is 5. The van der Waals surface area contributed by atoms with E-state index in [0.29, 0.717) is 17.1 Å². The van der Waals surface area contributed by atoms with Crippen LogP contribution in [0.3, 0.4) is 0 Å². The third-order valence-electron chi connectivity index (χ3n) is 2.87. The maximum atomic E-state index is 12.0. The molecule has 0 heterocycles. The first-order valence-electron chi connectivity index (χ1n) is 6.55. The normalized spacial score (nSPS) is 10.1. The fourth-order valence-corrected chi connectivity index (χ4v) is 2.09. The van der Waals surface area contributed by atoms with E-state index >= 15 is 0 Å². The summed E-state index contributed by atoms with van der Waals surface area (Å²) in [5, 5.41) is 6.74. The predicted molar refractivity (Wildman–Crippen MR) is 83.2 cm³/mol. The van der Waals surface area contributed by atoms with Crippen LogP contribution in [0.2, 0.25) is 5.02 Å². The van der Waals surface area contributed by atoms with Crippen molar-refractivity contribution in [1.82, 2.24) is 5.32 Å². The molecule has 0 aromatic heterocycles. The molecule has 1 amide bonds. The lowest BCUT2D eigenvalue weighted by molar-refractivity contribution is 0.0951. The molecule has 104 valence electrons. The van der Waals surface area contributed by atoms with Gasteiger partial charge in [-0.2, -0.15) is 0 Å². The van der Waals surface area contributed by atoms with Gasteiger partial charge in [0.2, 0.25) is 0 Å². The molecule has 0 unspecified atom stereocenters. The summed E-state index contributed by atoms with van der Waals surface area (Å²) in [5.41, 5.74) is 2.64. The zero-order chi connectivity index (χ0) is 14.4. The minimum atomic E-state index is -0.0898. The molecule has 0 atom stereocenters. The van der Waals surface area contributed by atoms with Crippen molar-refractivity contribution in [2.24, 2.45) is 0 Å². The van der Waals surface area contributed by atoms with Crippen LogP contribution in [0.1, 0.15) is 22.8 Å². The average molecular weight is 289 g/mol. The van der Waals surface area contributed by atoms with Gasteiger partial charge in [0.25, 0.3) is 5.91 Å². The number of benzene rings is 2. The van der Waals surface area contributed by atoms with Gasteiger partial charge in [-0.1, -0.05) is 23.7 Å². The number of amides is 1. The molecular weight excluding hydrogens is 272 g/mol. The summed E-state index contributed by atoms with van der Waals surface area (Å²) >= 11 is 5.90. The topological polar surface area (TPSA) is 41.1 Å². The molecule has 0 radical (unpaired) electrons. The number of halogens is 1. The van der Waals surface area contributed by atoms with E-state index in [1.165, 1.54) is 0 Å². The lowest BCUT2D eigenvalue weighted by Crippen LogP contribution is -2.22. The molecule has 20 heavy (non-hydrogen) atoms.